The van der Waals surface area contributed by atoms with Crippen molar-refractivity contribution >= 4 is 50.7 Å². The van der Waals surface area contributed by atoms with Gasteiger partial charge < -0.3 is 9.64 Å². The number of amides is 1. The van der Waals surface area contributed by atoms with Crippen LogP contribution in [-0.4, -0.2) is 61.6 Å². The van der Waals surface area contributed by atoms with Gasteiger partial charge in [0.25, 0.3) is 0 Å². The number of anilines is 1. The van der Waals surface area contributed by atoms with Gasteiger partial charge in [-0.15, -0.1) is 11.3 Å². The van der Waals surface area contributed by atoms with E-state index in [9.17, 15) is 18.0 Å². The van der Waals surface area contributed by atoms with E-state index >= 15 is 0 Å². The van der Waals surface area contributed by atoms with Crippen LogP contribution < -0.4 is 4.90 Å². The van der Waals surface area contributed by atoms with Gasteiger partial charge in [-0.25, -0.2) is 13.4 Å². The van der Waals surface area contributed by atoms with E-state index in [0.717, 1.165) is 34.9 Å². The Balaban J connectivity index is 1.37. The van der Waals surface area contributed by atoms with Crippen molar-refractivity contribution in [3.05, 3.63) is 34.8 Å². The zero-order valence-electron chi connectivity index (χ0n) is 18.5. The molecule has 0 N–H and O–H groups in total. The molecule has 1 saturated heterocycles. The largest absolute Gasteiger partial charge is 0.466 e. The van der Waals surface area contributed by atoms with E-state index < -0.39 is 10.0 Å². The number of hydrogen-bond acceptors (Lipinski definition) is 8. The number of ether oxygens (including phenoxy) is 1. The van der Waals surface area contributed by atoms with Gasteiger partial charge in [0.15, 0.2) is 4.34 Å². The molecule has 0 atom stereocenters. The molecule has 0 unspecified atom stereocenters. The van der Waals surface area contributed by atoms with Crippen LogP contribution in [0.25, 0.3) is 0 Å². The highest BCUT2D eigenvalue weighted by Crippen LogP contribution is 2.33. The third kappa shape index (κ3) is 5.59. The molecule has 4 rings (SSSR count). The Kier molecular flexibility index (Phi) is 7.72. The van der Waals surface area contributed by atoms with Crippen molar-refractivity contribution in [2.45, 2.75) is 48.3 Å². The highest BCUT2D eigenvalue weighted by molar-refractivity contribution is 8.01. The number of aromatic nitrogens is 1. The van der Waals surface area contributed by atoms with Crippen LogP contribution in [0.5, 0.6) is 0 Å². The fourth-order valence-corrected chi connectivity index (χ4v) is 7.34. The smallest absolute Gasteiger partial charge is 0.311 e. The summed E-state index contributed by atoms with van der Waals surface area (Å²) in [5, 5.41) is 1.80. The number of piperidine rings is 1. The molecule has 33 heavy (non-hydrogen) atoms. The number of sulfonamides is 1. The van der Waals surface area contributed by atoms with Crippen molar-refractivity contribution in [3.63, 3.8) is 0 Å². The van der Waals surface area contributed by atoms with Crippen molar-refractivity contribution in [1.29, 1.82) is 0 Å². The molecule has 1 aromatic carbocycles. The van der Waals surface area contributed by atoms with E-state index in [4.69, 9.17) is 4.74 Å². The van der Waals surface area contributed by atoms with Gasteiger partial charge in [0.1, 0.15) is 0 Å². The summed E-state index contributed by atoms with van der Waals surface area (Å²) in [6.45, 7) is 3.77. The van der Waals surface area contributed by atoms with Crippen LogP contribution in [0.2, 0.25) is 0 Å². The normalized spacial score (nSPS) is 16.6. The van der Waals surface area contributed by atoms with Gasteiger partial charge in [0, 0.05) is 30.7 Å². The molecule has 0 radical (unpaired) electrons. The maximum Gasteiger partial charge on any atom is 0.311 e. The first-order valence-electron chi connectivity index (χ1n) is 11.0. The van der Waals surface area contributed by atoms with Gasteiger partial charge in [-0.3, -0.25) is 9.59 Å². The summed E-state index contributed by atoms with van der Waals surface area (Å²) < 4.78 is 33.2. The fourth-order valence-electron chi connectivity index (χ4n) is 4.05. The average molecular weight is 510 g/mol. The second-order valence-corrected chi connectivity index (χ2v) is 11.9. The Bertz CT molecular complexity index is 1130. The summed E-state index contributed by atoms with van der Waals surface area (Å²) in [6.07, 6.45) is 3.62. The standard InChI is InChI=1S/C22H27N3O5S3/c1-2-30-21(27)13-17-14-31-22(23-17)32-15-20(26)25-11-8-16-12-18(6-7-19(16)25)33(28,29)24-9-4-3-5-10-24/h6-7,12,14H,2-5,8-11,13,15H2,1H3. The van der Waals surface area contributed by atoms with E-state index in [1.165, 1.54) is 23.1 Å². The molecule has 0 bridgehead atoms. The van der Waals surface area contributed by atoms with E-state index in [1.807, 2.05) is 0 Å². The van der Waals surface area contributed by atoms with Crippen LogP contribution >= 0.6 is 23.1 Å². The van der Waals surface area contributed by atoms with Crippen LogP contribution in [0.1, 0.15) is 37.4 Å². The summed E-state index contributed by atoms with van der Waals surface area (Å²) in [5.74, 6) is -0.141. The SMILES string of the molecule is CCOC(=O)Cc1csc(SCC(=O)N2CCc3cc(S(=O)(=O)N4CCCCC4)ccc32)n1. The Labute approximate surface area is 202 Å². The minimum absolute atomic E-state index is 0.0486. The fraction of sp³-hybridized carbons (Fsp3) is 0.500. The summed E-state index contributed by atoms with van der Waals surface area (Å²) in [4.78, 5) is 30.9. The predicted octanol–water partition coefficient (Wildman–Crippen LogP) is 3.10. The third-order valence-corrected chi connectivity index (χ3v) is 9.63. The summed E-state index contributed by atoms with van der Waals surface area (Å²) in [6, 6.07) is 5.09. The molecule has 2 aromatic rings. The lowest BCUT2D eigenvalue weighted by molar-refractivity contribution is -0.142. The first kappa shape index (κ1) is 24.2. The number of thiazole rings is 1. The number of carbonyl (C=O) groups is 2. The Morgan fingerprint density at radius 3 is 2.73 bits per heavy atom. The van der Waals surface area contributed by atoms with Gasteiger partial charge in [0.2, 0.25) is 15.9 Å². The van der Waals surface area contributed by atoms with Crippen molar-refractivity contribution in [1.82, 2.24) is 9.29 Å². The Hall–Kier alpha value is -1.95. The molecule has 178 valence electrons. The highest BCUT2D eigenvalue weighted by Gasteiger charge is 2.30. The van der Waals surface area contributed by atoms with Gasteiger partial charge in [-0.05, 0) is 49.9 Å². The topological polar surface area (TPSA) is 96.9 Å². The van der Waals surface area contributed by atoms with Crippen LogP contribution in [-0.2, 0) is 37.2 Å². The number of carbonyl (C=O) groups excluding carboxylic acids is 2. The van der Waals surface area contributed by atoms with Gasteiger partial charge >= 0.3 is 5.97 Å². The van der Waals surface area contributed by atoms with Crippen molar-refractivity contribution < 1.29 is 22.7 Å². The van der Waals surface area contributed by atoms with E-state index in [0.29, 0.717) is 43.3 Å². The number of benzene rings is 1. The predicted molar refractivity (Wildman–Crippen MR) is 128 cm³/mol. The maximum absolute atomic E-state index is 13.0. The lowest BCUT2D eigenvalue weighted by Crippen LogP contribution is -2.35. The number of thioether (sulfide) groups is 1. The van der Waals surface area contributed by atoms with Crippen LogP contribution in [0.3, 0.4) is 0 Å². The van der Waals surface area contributed by atoms with Gasteiger partial charge in [-0.1, -0.05) is 18.2 Å². The van der Waals surface area contributed by atoms with Crippen LogP contribution in [0.4, 0.5) is 5.69 Å². The molecule has 3 heterocycles. The van der Waals surface area contributed by atoms with Crippen LogP contribution in [0, 0.1) is 0 Å². The molecule has 0 saturated carbocycles. The molecule has 1 amide bonds. The Morgan fingerprint density at radius 2 is 1.97 bits per heavy atom. The number of esters is 1. The number of rotatable bonds is 8. The minimum Gasteiger partial charge on any atom is -0.466 e. The summed E-state index contributed by atoms with van der Waals surface area (Å²) in [7, 11) is -3.49. The Morgan fingerprint density at radius 1 is 1.18 bits per heavy atom. The minimum atomic E-state index is -3.49. The molecular formula is C22H27N3O5S3. The molecule has 2 aliphatic rings. The summed E-state index contributed by atoms with van der Waals surface area (Å²) in [5.41, 5.74) is 2.31. The molecule has 1 fully saturated rings. The number of fused-ring (bicyclic) bond motifs is 1. The molecule has 2 aliphatic heterocycles. The molecule has 0 spiro atoms. The molecule has 11 heteroatoms. The van der Waals surface area contributed by atoms with Gasteiger partial charge in [0.05, 0.1) is 29.4 Å². The zero-order chi connectivity index (χ0) is 23.4. The second kappa shape index (κ2) is 10.5. The lowest BCUT2D eigenvalue weighted by Gasteiger charge is -2.26. The first-order chi connectivity index (χ1) is 15.9. The quantitative estimate of drug-likeness (QED) is 0.398. The molecule has 8 nitrogen and oxygen atoms in total. The summed E-state index contributed by atoms with van der Waals surface area (Å²) >= 11 is 2.74. The first-order valence-corrected chi connectivity index (χ1v) is 14.4. The van der Waals surface area contributed by atoms with Crippen molar-refractivity contribution in [2.75, 3.05) is 36.9 Å². The number of hydrogen-bond donors (Lipinski definition) is 0. The van der Waals surface area contributed by atoms with E-state index in [2.05, 4.69) is 4.98 Å². The molecular weight excluding hydrogens is 482 g/mol. The number of nitrogens with zero attached hydrogens (tertiary/aromatic N) is 3. The van der Waals surface area contributed by atoms with E-state index in [1.54, 1.807) is 39.7 Å². The molecule has 0 aliphatic carbocycles. The third-order valence-electron chi connectivity index (χ3n) is 5.68. The lowest BCUT2D eigenvalue weighted by atomic mass is 10.2. The molecule has 1 aromatic heterocycles. The van der Waals surface area contributed by atoms with Crippen molar-refractivity contribution in [2.24, 2.45) is 0 Å². The van der Waals surface area contributed by atoms with Crippen molar-refractivity contribution in [3.8, 4) is 0 Å². The maximum atomic E-state index is 13.0. The van der Waals surface area contributed by atoms with Crippen LogP contribution in [0.15, 0.2) is 32.8 Å². The second-order valence-electron chi connectivity index (χ2n) is 7.93. The monoisotopic (exact) mass is 509 g/mol. The zero-order valence-corrected chi connectivity index (χ0v) is 20.9. The average Bonchev–Trinajstić information content (AvgIpc) is 3.44. The highest BCUT2D eigenvalue weighted by atomic mass is 32.2. The van der Waals surface area contributed by atoms with Gasteiger partial charge in [-0.2, -0.15) is 4.31 Å². The van der Waals surface area contributed by atoms with E-state index in [-0.39, 0.29) is 24.1 Å².